The second kappa shape index (κ2) is 15.1. The highest BCUT2D eigenvalue weighted by Gasteiger charge is 2.49. The van der Waals surface area contributed by atoms with Gasteiger partial charge in [-0.25, -0.2) is 0 Å². The Morgan fingerprint density at radius 1 is 0.318 bits per heavy atom. The number of anilines is 3. The van der Waals surface area contributed by atoms with Crippen LogP contribution in [-0.4, -0.2) is 0 Å². The van der Waals surface area contributed by atoms with Gasteiger partial charge in [-0.05, 0) is 121 Å². The third kappa shape index (κ3) is 5.49. The second-order valence-electron chi connectivity index (χ2n) is 17.5. The fourth-order valence-corrected chi connectivity index (χ4v) is 11.6. The monoisotopic (exact) mass is 841 g/mol. The van der Waals surface area contributed by atoms with Crippen molar-refractivity contribution >= 4 is 28.0 Å². The summed E-state index contributed by atoms with van der Waals surface area (Å²) in [5, 5.41) is 1.06. The van der Waals surface area contributed by atoms with Gasteiger partial charge in [-0.1, -0.05) is 206 Å². The number of hydrogen-bond donors (Lipinski definition) is 0. The summed E-state index contributed by atoms with van der Waals surface area (Å²) in [4.78, 5) is 2.46. The molecule has 2 heteroatoms. The van der Waals surface area contributed by atoms with Crippen molar-refractivity contribution in [3.8, 4) is 33.4 Å². The van der Waals surface area contributed by atoms with Gasteiger partial charge in [0.2, 0.25) is 0 Å². The SMILES string of the molecule is c1ccc(C2(c3ccccc3)c3ccccc3-c3ccc(-c4ccc(N(c5ccc6occc6c5)c5cccc6c5C(c5ccccc5)(c5ccccc5)c5ccccc5-6)cc4)cc32)cc1. The maximum absolute atomic E-state index is 5.90. The minimum atomic E-state index is -0.588. The maximum Gasteiger partial charge on any atom is 0.133 e. The summed E-state index contributed by atoms with van der Waals surface area (Å²) in [6.07, 6.45) is 1.78. The molecule has 0 fully saturated rings. The van der Waals surface area contributed by atoms with Crippen LogP contribution in [0.5, 0.6) is 0 Å². The summed E-state index contributed by atoms with van der Waals surface area (Å²) in [5.41, 5.74) is 20.6. The van der Waals surface area contributed by atoms with E-state index in [0.717, 1.165) is 33.6 Å². The third-order valence-electron chi connectivity index (χ3n) is 14.3. The lowest BCUT2D eigenvalue weighted by Gasteiger charge is -2.38. The molecule has 0 spiro atoms. The van der Waals surface area contributed by atoms with E-state index in [4.69, 9.17) is 4.42 Å². The van der Waals surface area contributed by atoms with E-state index in [9.17, 15) is 0 Å². The number of rotatable bonds is 8. The van der Waals surface area contributed by atoms with Gasteiger partial charge < -0.3 is 9.32 Å². The molecule has 0 saturated carbocycles. The van der Waals surface area contributed by atoms with Crippen molar-refractivity contribution in [1.82, 2.24) is 0 Å². The van der Waals surface area contributed by atoms with E-state index >= 15 is 0 Å². The number of nitrogens with zero attached hydrogens (tertiary/aromatic N) is 1. The van der Waals surface area contributed by atoms with E-state index in [2.05, 4.69) is 260 Å². The molecule has 11 aromatic rings. The van der Waals surface area contributed by atoms with Gasteiger partial charge in [0, 0.05) is 22.3 Å². The van der Waals surface area contributed by atoms with Gasteiger partial charge in [0.05, 0.1) is 22.8 Å². The number of furan rings is 1. The topological polar surface area (TPSA) is 16.4 Å². The molecule has 2 aliphatic carbocycles. The van der Waals surface area contributed by atoms with Crippen molar-refractivity contribution in [2.24, 2.45) is 0 Å². The number of fused-ring (bicyclic) bond motifs is 7. The number of benzene rings is 10. The van der Waals surface area contributed by atoms with Crippen molar-refractivity contribution in [3.63, 3.8) is 0 Å². The molecule has 0 radical (unpaired) electrons. The highest BCUT2D eigenvalue weighted by molar-refractivity contribution is 5.96. The molecule has 1 heterocycles. The Balaban J connectivity index is 1.01. The average molecular weight is 842 g/mol. The van der Waals surface area contributed by atoms with Gasteiger partial charge in [0.1, 0.15) is 5.58 Å². The van der Waals surface area contributed by atoms with Crippen molar-refractivity contribution in [3.05, 3.63) is 306 Å². The first-order valence-corrected chi connectivity index (χ1v) is 22.8. The fraction of sp³-hybridized carbons (Fsp3) is 0.0312. The highest BCUT2D eigenvalue weighted by atomic mass is 16.3. The molecule has 0 atom stereocenters. The number of hydrogen-bond acceptors (Lipinski definition) is 2. The molecule has 2 nitrogen and oxygen atoms in total. The van der Waals surface area contributed by atoms with E-state index in [-0.39, 0.29) is 0 Å². The zero-order chi connectivity index (χ0) is 43.7. The quantitative estimate of drug-likeness (QED) is 0.152. The van der Waals surface area contributed by atoms with E-state index < -0.39 is 10.8 Å². The van der Waals surface area contributed by atoms with Gasteiger partial charge in [-0.15, -0.1) is 0 Å². The van der Waals surface area contributed by atoms with Crippen LogP contribution in [0.3, 0.4) is 0 Å². The van der Waals surface area contributed by atoms with Crippen LogP contribution in [0.25, 0.3) is 44.3 Å². The predicted octanol–water partition coefficient (Wildman–Crippen LogP) is 16.3. The molecular formula is C64H43NO. The van der Waals surface area contributed by atoms with Crippen LogP contribution in [-0.2, 0) is 10.8 Å². The normalized spacial score (nSPS) is 13.7. The van der Waals surface area contributed by atoms with Crippen LogP contribution in [0.4, 0.5) is 17.1 Å². The van der Waals surface area contributed by atoms with Gasteiger partial charge >= 0.3 is 0 Å². The smallest absolute Gasteiger partial charge is 0.133 e. The zero-order valence-corrected chi connectivity index (χ0v) is 36.2. The van der Waals surface area contributed by atoms with Crippen LogP contribution < -0.4 is 4.90 Å². The summed E-state index contributed by atoms with van der Waals surface area (Å²) in [6.45, 7) is 0. The highest BCUT2D eigenvalue weighted by Crippen LogP contribution is 2.61. The minimum absolute atomic E-state index is 0.470. The van der Waals surface area contributed by atoms with Gasteiger partial charge in [-0.3, -0.25) is 0 Å². The van der Waals surface area contributed by atoms with Crippen molar-refractivity contribution in [2.75, 3.05) is 4.90 Å². The molecular weight excluding hydrogens is 799 g/mol. The van der Waals surface area contributed by atoms with E-state index in [1.807, 2.05) is 0 Å². The lowest BCUT2D eigenvalue weighted by atomic mass is 9.67. The Morgan fingerprint density at radius 3 is 1.42 bits per heavy atom. The first kappa shape index (κ1) is 38.0. The van der Waals surface area contributed by atoms with E-state index in [1.54, 1.807) is 6.26 Å². The third-order valence-corrected chi connectivity index (χ3v) is 14.3. The molecule has 0 bridgehead atoms. The van der Waals surface area contributed by atoms with Crippen LogP contribution in [0, 0.1) is 0 Å². The Hall–Kier alpha value is -8.46. The fourth-order valence-electron chi connectivity index (χ4n) is 11.6. The summed E-state index contributed by atoms with van der Waals surface area (Å²) in [6, 6.07) is 93.9. The maximum atomic E-state index is 5.90. The second-order valence-corrected chi connectivity index (χ2v) is 17.5. The molecule has 13 rings (SSSR count). The molecule has 66 heavy (non-hydrogen) atoms. The summed E-state index contributed by atoms with van der Waals surface area (Å²) in [5.74, 6) is 0. The van der Waals surface area contributed by atoms with Crippen LogP contribution in [0.2, 0.25) is 0 Å². The predicted molar refractivity (Wildman–Crippen MR) is 271 cm³/mol. The molecule has 0 N–H and O–H groups in total. The van der Waals surface area contributed by atoms with Gasteiger partial charge in [0.25, 0.3) is 0 Å². The molecule has 10 aromatic carbocycles. The molecule has 2 aliphatic rings. The Bertz CT molecular complexity index is 3490. The van der Waals surface area contributed by atoms with E-state index in [0.29, 0.717) is 0 Å². The Kier molecular flexibility index (Phi) is 8.69. The largest absolute Gasteiger partial charge is 0.464 e. The minimum Gasteiger partial charge on any atom is -0.464 e. The van der Waals surface area contributed by atoms with Crippen molar-refractivity contribution < 1.29 is 4.42 Å². The average Bonchev–Trinajstić information content (AvgIpc) is 4.08. The lowest BCUT2D eigenvalue weighted by Crippen LogP contribution is -2.30. The standard InChI is InChI=1S/C64H43NO/c1-5-18-47(19-6-1)63(48-20-7-2-8-21-48)57-29-15-13-26-53(57)55-38-34-45(43-59(55)63)44-32-35-51(36-33-44)65(52-37-39-61-46(42-52)40-41-66-61)60-31-17-28-56-54-27-14-16-30-58(54)64(62(56)60,49-22-9-3-10-23-49)50-24-11-4-12-25-50/h1-43H. The van der Waals surface area contributed by atoms with Crippen LogP contribution in [0.1, 0.15) is 44.5 Å². The zero-order valence-electron chi connectivity index (χ0n) is 36.2. The summed E-state index contributed by atoms with van der Waals surface area (Å²) in [7, 11) is 0. The first-order valence-electron chi connectivity index (χ1n) is 22.8. The molecule has 1 aromatic heterocycles. The van der Waals surface area contributed by atoms with Crippen molar-refractivity contribution in [2.45, 2.75) is 10.8 Å². The Morgan fingerprint density at radius 2 is 0.803 bits per heavy atom. The molecule has 310 valence electrons. The molecule has 0 saturated heterocycles. The van der Waals surface area contributed by atoms with Crippen LogP contribution >= 0.6 is 0 Å². The van der Waals surface area contributed by atoms with Crippen molar-refractivity contribution in [1.29, 1.82) is 0 Å². The summed E-state index contributed by atoms with van der Waals surface area (Å²) < 4.78 is 5.90. The van der Waals surface area contributed by atoms with E-state index in [1.165, 1.54) is 72.3 Å². The Labute approximate surface area is 385 Å². The molecule has 0 aliphatic heterocycles. The molecule has 0 amide bonds. The lowest BCUT2D eigenvalue weighted by molar-refractivity contribution is 0.616. The summed E-state index contributed by atoms with van der Waals surface area (Å²) >= 11 is 0. The first-order chi connectivity index (χ1) is 32.7. The van der Waals surface area contributed by atoms with Gasteiger partial charge in [-0.2, -0.15) is 0 Å². The molecule has 0 unspecified atom stereocenters. The van der Waals surface area contributed by atoms with Crippen LogP contribution in [0.15, 0.2) is 265 Å². The van der Waals surface area contributed by atoms with Gasteiger partial charge in [0.15, 0.2) is 0 Å².